The molecule has 0 aliphatic heterocycles. The number of hydrogen-bond acceptors (Lipinski definition) is 4. The molecule has 2 rings (SSSR count). The van der Waals surface area contributed by atoms with E-state index in [1.54, 1.807) is 0 Å². The van der Waals surface area contributed by atoms with Crippen molar-refractivity contribution in [2.24, 2.45) is 11.8 Å². The van der Waals surface area contributed by atoms with Crippen LogP contribution in [0.25, 0.3) is 0 Å². The van der Waals surface area contributed by atoms with E-state index in [-0.39, 0.29) is 10.9 Å². The van der Waals surface area contributed by atoms with E-state index in [4.69, 9.17) is 4.42 Å². The topological polar surface area (TPSA) is 76.4 Å². The monoisotopic (exact) mass is 271 g/mol. The number of furan rings is 1. The lowest BCUT2D eigenvalue weighted by molar-refractivity contribution is 0.109. The Kier molecular flexibility index (Phi) is 3.87. The van der Waals surface area contributed by atoms with Gasteiger partial charge in [0.1, 0.15) is 0 Å². The van der Waals surface area contributed by atoms with Gasteiger partial charge in [-0.2, -0.15) is 0 Å². The zero-order chi connectivity index (χ0) is 13.2. The molecule has 1 fully saturated rings. The summed E-state index contributed by atoms with van der Waals surface area (Å²) < 4.78 is 31.2. The van der Waals surface area contributed by atoms with Crippen LogP contribution in [0.3, 0.4) is 0 Å². The van der Waals surface area contributed by atoms with Gasteiger partial charge in [0.15, 0.2) is 12.0 Å². The molecule has 18 heavy (non-hydrogen) atoms. The Bertz CT molecular complexity index is 520. The van der Waals surface area contributed by atoms with Gasteiger partial charge in [-0.1, -0.05) is 13.3 Å². The second-order valence-corrected chi connectivity index (χ2v) is 6.61. The molecule has 2 unspecified atom stereocenters. The molecule has 5 nitrogen and oxygen atoms in total. The van der Waals surface area contributed by atoms with Gasteiger partial charge < -0.3 is 4.42 Å². The Balaban J connectivity index is 1.97. The second-order valence-electron chi connectivity index (χ2n) is 4.91. The standard InChI is InChI=1S/C12H17NO4S/c1-9-2-3-10(6-9)7-13-18(15,16)12-5-4-11(8-14)17-12/h4-5,8-10,13H,2-3,6-7H2,1H3. The molecule has 0 aromatic carbocycles. The van der Waals surface area contributed by atoms with Gasteiger partial charge in [0, 0.05) is 6.54 Å². The third kappa shape index (κ3) is 3.00. The van der Waals surface area contributed by atoms with Gasteiger partial charge in [0.2, 0.25) is 5.09 Å². The highest BCUT2D eigenvalue weighted by Gasteiger charge is 2.25. The van der Waals surface area contributed by atoms with Crippen LogP contribution in [0, 0.1) is 11.8 Å². The fraction of sp³-hybridized carbons (Fsp3) is 0.583. The third-order valence-corrected chi connectivity index (χ3v) is 4.64. The lowest BCUT2D eigenvalue weighted by atomic mass is 10.1. The van der Waals surface area contributed by atoms with Crippen LogP contribution in [0.2, 0.25) is 0 Å². The quantitative estimate of drug-likeness (QED) is 0.829. The molecule has 0 bridgehead atoms. The predicted molar refractivity (Wildman–Crippen MR) is 65.8 cm³/mol. The highest BCUT2D eigenvalue weighted by molar-refractivity contribution is 7.89. The summed E-state index contributed by atoms with van der Waals surface area (Å²) in [6.45, 7) is 2.61. The molecule has 1 aliphatic carbocycles. The summed E-state index contributed by atoms with van der Waals surface area (Å²) in [5, 5.41) is -0.198. The molecule has 100 valence electrons. The Labute approximate surface area is 107 Å². The molecule has 1 aliphatic rings. The molecule has 1 aromatic heterocycles. The fourth-order valence-corrected chi connectivity index (χ4v) is 3.40. The Morgan fingerprint density at radius 1 is 1.44 bits per heavy atom. The molecule has 6 heteroatoms. The summed E-state index contributed by atoms with van der Waals surface area (Å²) in [6, 6.07) is 2.64. The van der Waals surface area contributed by atoms with Crippen LogP contribution in [0.5, 0.6) is 0 Å². The molecule has 0 saturated heterocycles. The van der Waals surface area contributed by atoms with Crippen molar-refractivity contribution >= 4 is 16.3 Å². The summed E-state index contributed by atoms with van der Waals surface area (Å²) in [5.41, 5.74) is 0. The lowest BCUT2D eigenvalue weighted by Crippen LogP contribution is -2.28. The van der Waals surface area contributed by atoms with E-state index in [1.807, 2.05) is 0 Å². The van der Waals surface area contributed by atoms with E-state index in [9.17, 15) is 13.2 Å². The predicted octanol–water partition coefficient (Wildman–Crippen LogP) is 1.81. The summed E-state index contributed by atoms with van der Waals surface area (Å²) in [5.74, 6) is 1.09. The van der Waals surface area contributed by atoms with E-state index in [0.717, 1.165) is 19.3 Å². The van der Waals surface area contributed by atoms with Gasteiger partial charge in [-0.25, -0.2) is 13.1 Å². The van der Waals surface area contributed by atoms with Crippen molar-refractivity contribution in [3.05, 3.63) is 17.9 Å². The van der Waals surface area contributed by atoms with Crippen molar-refractivity contribution in [3.8, 4) is 0 Å². The molecule has 1 aromatic rings. The van der Waals surface area contributed by atoms with Crippen molar-refractivity contribution in [2.75, 3.05) is 6.54 Å². The van der Waals surface area contributed by atoms with Crippen molar-refractivity contribution < 1.29 is 17.6 Å². The van der Waals surface area contributed by atoms with E-state index in [2.05, 4.69) is 11.6 Å². The number of hydrogen-bond donors (Lipinski definition) is 1. The average molecular weight is 271 g/mol. The van der Waals surface area contributed by atoms with Crippen molar-refractivity contribution in [1.29, 1.82) is 0 Å². The van der Waals surface area contributed by atoms with Gasteiger partial charge >= 0.3 is 0 Å². The van der Waals surface area contributed by atoms with E-state index < -0.39 is 10.0 Å². The van der Waals surface area contributed by atoms with Gasteiger partial charge in [-0.3, -0.25) is 4.79 Å². The Morgan fingerprint density at radius 3 is 2.78 bits per heavy atom. The van der Waals surface area contributed by atoms with Crippen molar-refractivity contribution in [2.45, 2.75) is 31.3 Å². The summed E-state index contributed by atoms with van der Waals surface area (Å²) in [7, 11) is -3.63. The van der Waals surface area contributed by atoms with Crippen molar-refractivity contribution in [3.63, 3.8) is 0 Å². The number of rotatable bonds is 5. The van der Waals surface area contributed by atoms with E-state index in [1.165, 1.54) is 12.1 Å². The van der Waals surface area contributed by atoms with E-state index >= 15 is 0 Å². The number of nitrogens with one attached hydrogen (secondary N) is 1. The Hall–Kier alpha value is -1.14. The molecule has 1 heterocycles. The van der Waals surface area contributed by atoms with Gasteiger partial charge in [0.25, 0.3) is 10.0 Å². The van der Waals surface area contributed by atoms with Gasteiger partial charge in [-0.15, -0.1) is 0 Å². The number of carbonyl (C=O) groups is 1. The second kappa shape index (κ2) is 5.24. The SMILES string of the molecule is CC1CCC(CNS(=O)(=O)c2ccc(C=O)o2)C1. The maximum Gasteiger partial charge on any atom is 0.273 e. The normalized spacial score (nSPS) is 24.3. The molecule has 0 amide bonds. The average Bonchev–Trinajstić information content (AvgIpc) is 2.95. The first-order valence-electron chi connectivity index (χ1n) is 6.06. The lowest BCUT2D eigenvalue weighted by Gasteiger charge is -2.10. The Morgan fingerprint density at radius 2 is 2.22 bits per heavy atom. The number of carbonyl (C=O) groups excluding carboxylic acids is 1. The molecule has 1 N–H and O–H groups in total. The van der Waals surface area contributed by atoms with Crippen LogP contribution in [-0.4, -0.2) is 21.2 Å². The largest absolute Gasteiger partial charge is 0.440 e. The number of sulfonamides is 1. The first-order valence-corrected chi connectivity index (χ1v) is 7.54. The maximum atomic E-state index is 11.9. The minimum Gasteiger partial charge on any atom is -0.440 e. The maximum absolute atomic E-state index is 11.9. The zero-order valence-electron chi connectivity index (χ0n) is 10.3. The fourth-order valence-electron chi connectivity index (χ4n) is 2.35. The first-order chi connectivity index (χ1) is 8.51. The van der Waals surface area contributed by atoms with Crippen molar-refractivity contribution in [1.82, 2.24) is 4.72 Å². The highest BCUT2D eigenvalue weighted by Crippen LogP contribution is 2.29. The molecule has 0 radical (unpaired) electrons. The minimum absolute atomic E-state index is 0.0184. The van der Waals surface area contributed by atoms with Gasteiger partial charge in [0.05, 0.1) is 0 Å². The third-order valence-electron chi connectivity index (χ3n) is 3.35. The summed E-state index contributed by atoms with van der Waals surface area (Å²) in [6.07, 6.45) is 3.75. The molecular formula is C12H17NO4S. The van der Waals surface area contributed by atoms with E-state index in [0.29, 0.717) is 24.7 Å². The molecular weight excluding hydrogens is 254 g/mol. The van der Waals surface area contributed by atoms with Crippen LogP contribution in [-0.2, 0) is 10.0 Å². The molecule has 0 spiro atoms. The van der Waals surface area contributed by atoms with Crippen LogP contribution < -0.4 is 4.72 Å². The zero-order valence-corrected chi connectivity index (χ0v) is 11.1. The first kappa shape index (κ1) is 13.3. The van der Waals surface area contributed by atoms with Crippen LogP contribution in [0.1, 0.15) is 36.7 Å². The smallest absolute Gasteiger partial charge is 0.273 e. The summed E-state index contributed by atoms with van der Waals surface area (Å²) >= 11 is 0. The summed E-state index contributed by atoms with van der Waals surface area (Å²) in [4.78, 5) is 10.4. The van der Waals surface area contributed by atoms with Crippen LogP contribution in [0.15, 0.2) is 21.6 Å². The van der Waals surface area contributed by atoms with Crippen LogP contribution >= 0.6 is 0 Å². The number of aldehydes is 1. The van der Waals surface area contributed by atoms with Gasteiger partial charge in [-0.05, 0) is 36.8 Å². The minimum atomic E-state index is -3.63. The molecule has 2 atom stereocenters. The molecule has 1 saturated carbocycles. The van der Waals surface area contributed by atoms with Crippen LogP contribution in [0.4, 0.5) is 0 Å². The highest BCUT2D eigenvalue weighted by atomic mass is 32.2.